The molecule has 16 aromatic carbocycles. The fourth-order valence-corrected chi connectivity index (χ4v) is 14.7. The fraction of sp³-hybridized carbons (Fsp3) is 0.0566. The van der Waals surface area contributed by atoms with E-state index >= 15 is 0 Å². The van der Waals surface area contributed by atoms with Gasteiger partial charge in [-0.25, -0.2) is 19.7 Å². The van der Waals surface area contributed by atoms with E-state index in [1.54, 1.807) is 0 Å². The summed E-state index contributed by atoms with van der Waals surface area (Å²) in [5.41, 5.74) is 31.2. The molecule has 1 aliphatic rings. The molecular formula is C106H76BClN4O4. The molecule has 0 unspecified atom stereocenters. The number of halogens is 1. The molecule has 19 rings (SSSR count). The zero-order chi connectivity index (χ0) is 79.1. The molecular weight excluding hydrogens is 1440 g/mol. The van der Waals surface area contributed by atoms with Crippen LogP contribution in [0.1, 0.15) is 27.7 Å². The normalized spacial score (nSPS) is 12.6. The maximum atomic E-state index is 7.26. The first kappa shape index (κ1) is 74.5. The van der Waals surface area contributed by atoms with Crippen molar-refractivity contribution in [2.24, 2.45) is 0 Å². The number of fused-ring (bicyclic) bond motifs is 2. The van der Waals surface area contributed by atoms with E-state index in [1.165, 1.54) is 38.9 Å². The van der Waals surface area contributed by atoms with Crippen LogP contribution in [-0.2, 0) is 9.31 Å². The van der Waals surface area contributed by atoms with Crippen LogP contribution in [0, 0.1) is 13.1 Å². The topological polar surface area (TPSA) is 79.2 Å². The molecule has 0 N–H and O–H groups in total. The minimum Gasteiger partial charge on any atom is -0.436 e. The maximum absolute atomic E-state index is 7.26. The fourth-order valence-electron chi connectivity index (χ4n) is 14.5. The van der Waals surface area contributed by atoms with Gasteiger partial charge < -0.3 is 18.1 Å². The molecule has 10 heteroatoms. The average Bonchev–Trinajstić information content (AvgIpc) is 1.47. The number of nitrogens with zero attached hydrogens (tertiary/aromatic N) is 4. The van der Waals surface area contributed by atoms with Gasteiger partial charge in [0.1, 0.15) is 11.0 Å². The Hall–Kier alpha value is -14.3. The second kappa shape index (κ2) is 32.8. The van der Waals surface area contributed by atoms with Crippen molar-refractivity contribution in [1.82, 2.24) is 9.97 Å². The van der Waals surface area contributed by atoms with Crippen LogP contribution < -0.4 is 5.46 Å². The standard InChI is InChI=1S/C50H32N2O.C37H24ClNO.C19H20BNO2/c1-51-46-30-28-41(29-31-46)39-16-18-42(19-17-39)45-32-47(43-24-20-37(21-25-43)35-10-6-3-7-11-35)49-48(33-45)53-50(52-49)44-26-22-40(23-27-44)38-14-12-36(13-15-38)34-8-4-2-5-9-34;38-33-23-34(31-19-15-28(16-20-31)26-9-5-2-6-10-26)36-35(24-33)40-37(39-36)32-21-17-30(18-22-32)29-13-11-27(12-14-29)25-7-3-1-4-8-25;1-18(2)19(3,4)23-20(22-18)16-10-6-14(7-11-16)15-8-12-17(21-5)13-9-15/h2-33H;1-24H;6-13H,1-4H3. The summed E-state index contributed by atoms with van der Waals surface area (Å²) < 4.78 is 24.9. The molecule has 1 saturated heterocycles. The van der Waals surface area contributed by atoms with Crippen LogP contribution in [0.4, 0.5) is 11.4 Å². The molecule has 1 fully saturated rings. The van der Waals surface area contributed by atoms with Gasteiger partial charge in [-0.15, -0.1) is 0 Å². The lowest BCUT2D eigenvalue weighted by Gasteiger charge is -2.32. The van der Waals surface area contributed by atoms with Crippen molar-refractivity contribution in [3.05, 3.63) is 416 Å². The average molecular weight is 1520 g/mol. The van der Waals surface area contributed by atoms with Crippen molar-refractivity contribution in [2.75, 3.05) is 0 Å². The second-order valence-electron chi connectivity index (χ2n) is 29.7. The molecule has 0 aliphatic carbocycles. The summed E-state index contributed by atoms with van der Waals surface area (Å²) >= 11 is 6.51. The van der Waals surface area contributed by atoms with Crippen LogP contribution in [-0.4, -0.2) is 28.3 Å². The minimum absolute atomic E-state index is 0.327. The third-order valence-corrected chi connectivity index (χ3v) is 22.0. The van der Waals surface area contributed by atoms with Crippen LogP contribution in [0.2, 0.25) is 5.02 Å². The first-order valence-electron chi connectivity index (χ1n) is 38.6. The number of hydrogen-bond donors (Lipinski definition) is 0. The Morgan fingerprint density at radius 1 is 0.259 bits per heavy atom. The summed E-state index contributed by atoms with van der Waals surface area (Å²) in [5.74, 6) is 1.16. The van der Waals surface area contributed by atoms with Crippen molar-refractivity contribution >= 4 is 57.8 Å². The van der Waals surface area contributed by atoms with Gasteiger partial charge in [0.25, 0.3) is 0 Å². The Morgan fingerprint density at radius 3 is 0.784 bits per heavy atom. The molecule has 3 heterocycles. The lowest BCUT2D eigenvalue weighted by molar-refractivity contribution is 0.00578. The highest BCUT2D eigenvalue weighted by Gasteiger charge is 2.51. The number of aromatic nitrogens is 2. The summed E-state index contributed by atoms with van der Waals surface area (Å²) in [7, 11) is -0.335. The van der Waals surface area contributed by atoms with Crippen molar-refractivity contribution in [3.8, 4) is 145 Å². The summed E-state index contributed by atoms with van der Waals surface area (Å²) in [5, 5.41) is 0.617. The van der Waals surface area contributed by atoms with Gasteiger partial charge in [-0.1, -0.05) is 351 Å². The van der Waals surface area contributed by atoms with Crippen LogP contribution in [0.25, 0.3) is 177 Å². The number of benzene rings is 16. The second-order valence-corrected chi connectivity index (χ2v) is 30.2. The van der Waals surface area contributed by atoms with Crippen molar-refractivity contribution in [3.63, 3.8) is 0 Å². The summed E-state index contributed by atoms with van der Waals surface area (Å²) in [6.45, 7) is 22.5. The van der Waals surface area contributed by atoms with Gasteiger partial charge in [0.15, 0.2) is 22.5 Å². The summed E-state index contributed by atoms with van der Waals surface area (Å²) in [6, 6.07) is 133. The maximum Gasteiger partial charge on any atom is 0.494 e. The highest BCUT2D eigenvalue weighted by atomic mass is 35.5. The van der Waals surface area contributed by atoms with Crippen LogP contribution in [0.15, 0.2) is 397 Å². The number of hydrogen-bond acceptors (Lipinski definition) is 6. The molecule has 0 amide bonds. The lowest BCUT2D eigenvalue weighted by Crippen LogP contribution is -2.41. The predicted octanol–water partition coefficient (Wildman–Crippen LogP) is 29.1. The first-order chi connectivity index (χ1) is 56.7. The van der Waals surface area contributed by atoms with Gasteiger partial charge in [-0.3, -0.25) is 0 Å². The third-order valence-electron chi connectivity index (χ3n) is 21.8. The van der Waals surface area contributed by atoms with E-state index in [1.807, 2.05) is 97.1 Å². The van der Waals surface area contributed by atoms with E-state index in [0.717, 1.165) is 117 Å². The third kappa shape index (κ3) is 16.2. The Labute approximate surface area is 681 Å². The van der Waals surface area contributed by atoms with E-state index in [-0.39, 0.29) is 18.3 Å². The number of oxazole rings is 2. The molecule has 8 nitrogen and oxygen atoms in total. The molecule has 0 spiro atoms. The van der Waals surface area contributed by atoms with Crippen LogP contribution in [0.3, 0.4) is 0 Å². The Kier molecular flexibility index (Phi) is 21.1. The van der Waals surface area contributed by atoms with Crippen LogP contribution >= 0.6 is 11.6 Å². The van der Waals surface area contributed by atoms with E-state index in [2.05, 4.69) is 329 Å². The van der Waals surface area contributed by atoms with E-state index < -0.39 is 0 Å². The van der Waals surface area contributed by atoms with E-state index in [9.17, 15) is 0 Å². The minimum atomic E-state index is -0.335. The van der Waals surface area contributed by atoms with Crippen LogP contribution in [0.5, 0.6) is 0 Å². The largest absolute Gasteiger partial charge is 0.494 e. The summed E-state index contributed by atoms with van der Waals surface area (Å²) in [6.07, 6.45) is 0. The highest BCUT2D eigenvalue weighted by molar-refractivity contribution is 6.62. The first-order valence-corrected chi connectivity index (χ1v) is 39.0. The molecule has 18 aromatic rings. The van der Waals surface area contributed by atoms with Gasteiger partial charge in [-0.05, 0) is 187 Å². The Balaban J connectivity index is 0.000000135. The monoisotopic (exact) mass is 1510 g/mol. The van der Waals surface area contributed by atoms with Crippen molar-refractivity contribution in [2.45, 2.75) is 38.9 Å². The molecule has 116 heavy (non-hydrogen) atoms. The zero-order valence-corrected chi connectivity index (χ0v) is 65.1. The Morgan fingerprint density at radius 2 is 0.491 bits per heavy atom. The van der Waals surface area contributed by atoms with E-state index in [4.69, 9.17) is 52.9 Å². The zero-order valence-electron chi connectivity index (χ0n) is 64.3. The molecule has 0 atom stereocenters. The molecule has 0 saturated carbocycles. The van der Waals surface area contributed by atoms with Crippen molar-refractivity contribution in [1.29, 1.82) is 0 Å². The van der Waals surface area contributed by atoms with E-state index in [0.29, 0.717) is 33.8 Å². The molecule has 0 bridgehead atoms. The van der Waals surface area contributed by atoms with Crippen molar-refractivity contribution < 1.29 is 18.1 Å². The molecule has 1 aliphatic heterocycles. The van der Waals surface area contributed by atoms with Gasteiger partial charge in [0, 0.05) is 33.3 Å². The van der Waals surface area contributed by atoms with Gasteiger partial charge in [-0.2, -0.15) is 0 Å². The summed E-state index contributed by atoms with van der Waals surface area (Å²) in [4.78, 5) is 16.9. The van der Waals surface area contributed by atoms with Gasteiger partial charge >= 0.3 is 7.12 Å². The van der Waals surface area contributed by atoms with Gasteiger partial charge in [0.2, 0.25) is 11.8 Å². The molecule has 554 valence electrons. The molecule has 0 radical (unpaired) electrons. The van der Waals surface area contributed by atoms with Gasteiger partial charge in [0.05, 0.1) is 24.3 Å². The Bertz CT molecular complexity index is 6530. The quantitative estimate of drug-likeness (QED) is 0.0797. The smallest absolute Gasteiger partial charge is 0.436 e. The lowest BCUT2D eigenvalue weighted by atomic mass is 9.78. The molecule has 2 aromatic heterocycles. The highest BCUT2D eigenvalue weighted by Crippen LogP contribution is 2.42. The predicted molar refractivity (Wildman–Crippen MR) is 478 cm³/mol. The number of rotatable bonds is 14. The SMILES string of the molecule is Clc1cc(-c2ccc(-c3ccccc3)cc2)c2nc(-c3ccc(-c4ccc(-c5ccccc5)cc4)cc3)oc2c1.[C-]#[N+]c1ccc(-c2ccc(-c3cc(-c4ccc(-c5ccccc5)cc4)c4nc(-c5ccc(-c6ccc(-c7ccccc7)cc6)cc5)oc4c3)cc2)cc1.[C-]#[N+]c1ccc(-c2ccc(B3OC(C)(C)C(C)(C)O3)cc2)cc1.